The highest BCUT2D eigenvalue weighted by atomic mass is 35.5. The molecule has 3 N–H and O–H groups in total. The molecule has 8 heteroatoms. The van der Waals surface area contributed by atoms with E-state index in [-0.39, 0.29) is 5.91 Å². The van der Waals surface area contributed by atoms with E-state index in [1.807, 2.05) is 13.8 Å². The maximum Gasteiger partial charge on any atom is 0.259 e. The van der Waals surface area contributed by atoms with Gasteiger partial charge in [0, 0.05) is 25.0 Å². The molecule has 6 nitrogen and oxygen atoms in total. The van der Waals surface area contributed by atoms with Gasteiger partial charge < -0.3 is 10.2 Å². The first-order valence-electron chi connectivity index (χ1n) is 9.07. The number of hydrogen-bond acceptors (Lipinski definition) is 6. The highest BCUT2D eigenvalue weighted by molar-refractivity contribution is 7.97. The minimum atomic E-state index is -0.222. The van der Waals surface area contributed by atoms with Crippen LogP contribution in [0, 0.1) is 13.8 Å². The molecule has 0 bridgehead atoms. The second-order valence-electron chi connectivity index (χ2n) is 6.69. The van der Waals surface area contributed by atoms with Crippen LogP contribution < -0.4 is 15.4 Å². The van der Waals surface area contributed by atoms with Crippen LogP contribution in [0.5, 0.6) is 0 Å². The lowest BCUT2D eigenvalue weighted by Crippen LogP contribution is -2.29. The largest absolute Gasteiger partial charge is 0.356 e. The Morgan fingerprint density at radius 2 is 1.96 bits per heavy atom. The molecule has 1 fully saturated rings. The van der Waals surface area contributed by atoms with Crippen molar-refractivity contribution in [3.63, 3.8) is 0 Å². The van der Waals surface area contributed by atoms with Crippen molar-refractivity contribution in [3.8, 4) is 0 Å². The first-order valence-corrected chi connectivity index (χ1v) is 10.3. The van der Waals surface area contributed by atoms with Gasteiger partial charge in [0.05, 0.1) is 16.3 Å². The van der Waals surface area contributed by atoms with E-state index in [0.29, 0.717) is 21.3 Å². The maximum absolute atomic E-state index is 13.2. The molecule has 0 radical (unpaired) electrons. The van der Waals surface area contributed by atoms with Crippen LogP contribution in [0.2, 0.25) is 5.02 Å². The third-order valence-electron chi connectivity index (χ3n) is 4.77. The summed E-state index contributed by atoms with van der Waals surface area (Å²) in [5.41, 5.74) is 2.67. The monoisotopic (exact) mass is 405 g/mol. The topological polar surface area (TPSA) is 84.1 Å². The van der Waals surface area contributed by atoms with Crippen molar-refractivity contribution in [1.82, 2.24) is 9.97 Å². The van der Waals surface area contributed by atoms with Crippen molar-refractivity contribution in [1.29, 1.82) is 0 Å². The summed E-state index contributed by atoms with van der Waals surface area (Å²) >= 11 is 7.47. The molecule has 0 atom stereocenters. The molecule has 1 aliphatic heterocycles. The highest BCUT2D eigenvalue weighted by Gasteiger charge is 2.24. The minimum absolute atomic E-state index is 0.222. The SMILES string of the molecule is Cc1nc(N2CCCCCC2)c(C(=O)Nc2ccnc(SN)c2)c(C)c1Cl. The van der Waals surface area contributed by atoms with Gasteiger partial charge in [-0.25, -0.2) is 9.97 Å². The molecule has 3 heterocycles. The molecule has 144 valence electrons. The van der Waals surface area contributed by atoms with Crippen molar-refractivity contribution < 1.29 is 4.79 Å². The molecular formula is C19H24ClN5OS. The molecule has 0 unspecified atom stereocenters. The number of hydrogen-bond donors (Lipinski definition) is 2. The summed E-state index contributed by atoms with van der Waals surface area (Å²) < 4.78 is 0. The summed E-state index contributed by atoms with van der Waals surface area (Å²) in [4.78, 5) is 24.2. The van der Waals surface area contributed by atoms with E-state index in [4.69, 9.17) is 21.7 Å². The zero-order valence-electron chi connectivity index (χ0n) is 15.6. The van der Waals surface area contributed by atoms with Crippen LogP contribution in [-0.2, 0) is 0 Å². The van der Waals surface area contributed by atoms with Crippen LogP contribution in [-0.4, -0.2) is 29.0 Å². The zero-order chi connectivity index (χ0) is 19.4. The van der Waals surface area contributed by atoms with E-state index in [0.717, 1.165) is 55.0 Å². The summed E-state index contributed by atoms with van der Waals surface area (Å²) in [7, 11) is 0. The molecule has 0 saturated carbocycles. The number of carbonyl (C=O) groups excluding carboxylic acids is 1. The van der Waals surface area contributed by atoms with E-state index >= 15 is 0 Å². The lowest BCUT2D eigenvalue weighted by Gasteiger charge is -2.26. The summed E-state index contributed by atoms with van der Waals surface area (Å²) in [6, 6.07) is 3.48. The molecule has 1 saturated heterocycles. The van der Waals surface area contributed by atoms with Crippen LogP contribution in [0.25, 0.3) is 0 Å². The van der Waals surface area contributed by atoms with E-state index in [9.17, 15) is 4.79 Å². The maximum atomic E-state index is 13.2. The third kappa shape index (κ3) is 4.54. The predicted molar refractivity (Wildman–Crippen MR) is 112 cm³/mol. The first kappa shape index (κ1) is 19.9. The Hall–Kier alpha value is -1.83. The van der Waals surface area contributed by atoms with Crippen molar-refractivity contribution in [2.24, 2.45) is 5.14 Å². The summed E-state index contributed by atoms with van der Waals surface area (Å²) in [6.45, 7) is 5.56. The van der Waals surface area contributed by atoms with Crippen LogP contribution >= 0.6 is 23.5 Å². The number of halogens is 1. The van der Waals surface area contributed by atoms with E-state index in [1.165, 1.54) is 12.8 Å². The fraction of sp³-hybridized carbons (Fsp3) is 0.421. The molecular weight excluding hydrogens is 382 g/mol. The number of rotatable bonds is 4. The van der Waals surface area contributed by atoms with Crippen molar-refractivity contribution in [2.45, 2.75) is 44.6 Å². The van der Waals surface area contributed by atoms with Crippen molar-refractivity contribution in [3.05, 3.63) is 40.2 Å². The average molecular weight is 406 g/mol. The van der Waals surface area contributed by atoms with Crippen LogP contribution in [0.3, 0.4) is 0 Å². The number of anilines is 2. The first-order chi connectivity index (χ1) is 13.0. The smallest absolute Gasteiger partial charge is 0.259 e. The second-order valence-corrected chi connectivity index (χ2v) is 7.72. The number of nitrogens with two attached hydrogens (primary N) is 1. The predicted octanol–water partition coefficient (Wildman–Crippen LogP) is 4.35. The molecule has 2 aromatic rings. The number of amides is 1. The second kappa shape index (κ2) is 8.91. The fourth-order valence-corrected chi connectivity index (χ4v) is 3.79. The Labute approximate surface area is 169 Å². The fourth-order valence-electron chi connectivity index (χ4n) is 3.34. The van der Waals surface area contributed by atoms with E-state index in [1.54, 1.807) is 18.3 Å². The molecule has 1 amide bonds. The molecule has 0 aromatic carbocycles. The minimum Gasteiger partial charge on any atom is -0.356 e. The lowest BCUT2D eigenvalue weighted by atomic mass is 10.1. The summed E-state index contributed by atoms with van der Waals surface area (Å²) in [5.74, 6) is 0.497. The van der Waals surface area contributed by atoms with Gasteiger partial charge in [-0.1, -0.05) is 24.4 Å². The quantitative estimate of drug-likeness (QED) is 0.736. The van der Waals surface area contributed by atoms with Gasteiger partial charge in [0.2, 0.25) is 0 Å². The molecule has 2 aromatic heterocycles. The Kier molecular flexibility index (Phi) is 6.57. The molecule has 27 heavy (non-hydrogen) atoms. The van der Waals surface area contributed by atoms with Gasteiger partial charge in [0.1, 0.15) is 10.8 Å². The van der Waals surface area contributed by atoms with Gasteiger partial charge >= 0.3 is 0 Å². The van der Waals surface area contributed by atoms with Crippen LogP contribution in [0.15, 0.2) is 23.4 Å². The van der Waals surface area contributed by atoms with Crippen molar-refractivity contribution >= 4 is 41.0 Å². The molecule has 0 spiro atoms. The number of carbonyl (C=O) groups is 1. The Morgan fingerprint density at radius 3 is 2.63 bits per heavy atom. The van der Waals surface area contributed by atoms with Gasteiger partial charge in [-0.3, -0.25) is 9.93 Å². The van der Waals surface area contributed by atoms with Gasteiger partial charge in [-0.2, -0.15) is 0 Å². The van der Waals surface area contributed by atoms with Gasteiger partial charge in [0.25, 0.3) is 5.91 Å². The van der Waals surface area contributed by atoms with E-state index in [2.05, 4.69) is 15.2 Å². The van der Waals surface area contributed by atoms with Gasteiger partial charge in [-0.15, -0.1) is 0 Å². The standard InChI is InChI=1S/C19H24ClN5OS/c1-12-16(19(26)24-14-7-8-22-15(11-14)27-21)18(23-13(2)17(12)20)25-9-5-3-4-6-10-25/h7-8,11H,3-6,9-10,21H2,1-2H3,(H,22,24,26). The Balaban J connectivity index is 1.99. The number of nitrogens with one attached hydrogen (secondary N) is 1. The average Bonchev–Trinajstić information content (AvgIpc) is 2.95. The molecule has 1 aliphatic rings. The van der Waals surface area contributed by atoms with Gasteiger partial charge in [0.15, 0.2) is 0 Å². The third-order valence-corrected chi connectivity index (χ3v) is 5.79. The normalized spacial score (nSPS) is 14.7. The lowest BCUT2D eigenvalue weighted by molar-refractivity contribution is 0.102. The molecule has 0 aliphatic carbocycles. The number of nitrogens with zero attached hydrogens (tertiary/aromatic N) is 3. The Bertz CT molecular complexity index is 837. The highest BCUT2D eigenvalue weighted by Crippen LogP contribution is 2.31. The van der Waals surface area contributed by atoms with Crippen LogP contribution in [0.1, 0.15) is 47.3 Å². The molecule has 3 rings (SSSR count). The summed E-state index contributed by atoms with van der Waals surface area (Å²) in [6.07, 6.45) is 6.24. The van der Waals surface area contributed by atoms with Crippen LogP contribution in [0.4, 0.5) is 11.5 Å². The van der Waals surface area contributed by atoms with Gasteiger partial charge in [-0.05, 0) is 56.3 Å². The number of pyridine rings is 2. The summed E-state index contributed by atoms with van der Waals surface area (Å²) in [5, 5.41) is 9.68. The zero-order valence-corrected chi connectivity index (χ0v) is 17.2. The van der Waals surface area contributed by atoms with E-state index < -0.39 is 0 Å². The number of aromatic nitrogens is 2. The Morgan fingerprint density at radius 1 is 1.26 bits per heavy atom. The number of aryl methyl sites for hydroxylation is 1. The van der Waals surface area contributed by atoms with Crippen molar-refractivity contribution in [2.75, 3.05) is 23.3 Å².